The Morgan fingerprint density at radius 2 is 1.62 bits per heavy atom. The Morgan fingerprint density at radius 1 is 1.00 bits per heavy atom. The van der Waals surface area contributed by atoms with E-state index in [4.69, 9.17) is 0 Å². The number of aliphatic hydroxyl groups is 1. The molecule has 16 heavy (non-hydrogen) atoms. The van der Waals surface area contributed by atoms with Crippen molar-refractivity contribution in [1.82, 2.24) is 5.32 Å². The van der Waals surface area contributed by atoms with Crippen LogP contribution < -0.4 is 5.32 Å². The number of unbranched alkanes of at least 4 members (excludes halogenated alkanes) is 2. The minimum absolute atomic E-state index is 0.399. The van der Waals surface area contributed by atoms with E-state index in [1.54, 1.807) is 0 Å². The molecule has 0 aromatic carbocycles. The van der Waals surface area contributed by atoms with Crippen LogP contribution in [0.15, 0.2) is 0 Å². The molecular formula is C14H31NO. The summed E-state index contributed by atoms with van der Waals surface area (Å²) >= 11 is 0. The summed E-state index contributed by atoms with van der Waals surface area (Å²) in [5.41, 5.74) is -0.399. The summed E-state index contributed by atoms with van der Waals surface area (Å²) in [6, 6.07) is 0. The molecule has 0 aliphatic carbocycles. The largest absolute Gasteiger partial charge is 0.390 e. The highest BCUT2D eigenvalue weighted by atomic mass is 16.3. The summed E-state index contributed by atoms with van der Waals surface area (Å²) in [5, 5.41) is 13.0. The molecule has 1 aliphatic heterocycles. The second kappa shape index (κ2) is 10.1. The third-order valence-corrected chi connectivity index (χ3v) is 3.06. The summed E-state index contributed by atoms with van der Waals surface area (Å²) < 4.78 is 0. The zero-order valence-corrected chi connectivity index (χ0v) is 11.5. The highest BCUT2D eigenvalue weighted by molar-refractivity contribution is 4.70. The lowest BCUT2D eigenvalue weighted by Gasteiger charge is -2.22. The van der Waals surface area contributed by atoms with Crippen LogP contribution in [-0.4, -0.2) is 23.8 Å². The van der Waals surface area contributed by atoms with Crippen LogP contribution in [-0.2, 0) is 0 Å². The fraction of sp³-hybridized carbons (Fsp3) is 1.00. The second-order valence-corrected chi connectivity index (χ2v) is 5.16. The zero-order chi connectivity index (χ0) is 12.3. The van der Waals surface area contributed by atoms with Crippen molar-refractivity contribution in [1.29, 1.82) is 0 Å². The Morgan fingerprint density at radius 3 is 2.00 bits per heavy atom. The molecule has 0 aromatic heterocycles. The van der Waals surface area contributed by atoms with Crippen LogP contribution in [0.5, 0.6) is 0 Å². The van der Waals surface area contributed by atoms with E-state index in [-0.39, 0.29) is 0 Å². The molecule has 2 heteroatoms. The molecule has 1 rings (SSSR count). The monoisotopic (exact) mass is 229 g/mol. The van der Waals surface area contributed by atoms with Gasteiger partial charge in [-0.3, -0.25) is 0 Å². The number of rotatable bonds is 6. The van der Waals surface area contributed by atoms with E-state index in [1.165, 1.54) is 45.2 Å². The molecule has 2 N–H and O–H groups in total. The van der Waals surface area contributed by atoms with Crippen molar-refractivity contribution in [3.63, 3.8) is 0 Å². The van der Waals surface area contributed by atoms with Crippen molar-refractivity contribution >= 4 is 0 Å². The normalized spacial score (nSPS) is 18.8. The minimum atomic E-state index is -0.399. The molecule has 1 heterocycles. The molecule has 0 saturated carbocycles. The SMILES string of the molecule is C1CCNC1.CCCCCC(C)(O)CCC. The van der Waals surface area contributed by atoms with Crippen molar-refractivity contribution in [3.8, 4) is 0 Å². The van der Waals surface area contributed by atoms with E-state index in [0.29, 0.717) is 0 Å². The predicted octanol–water partition coefficient (Wildman–Crippen LogP) is 3.49. The first-order valence-electron chi connectivity index (χ1n) is 7.05. The summed E-state index contributed by atoms with van der Waals surface area (Å²) in [4.78, 5) is 0. The zero-order valence-electron chi connectivity index (χ0n) is 11.5. The third-order valence-electron chi connectivity index (χ3n) is 3.06. The fourth-order valence-electron chi connectivity index (χ4n) is 2.04. The third kappa shape index (κ3) is 10.4. The maximum Gasteiger partial charge on any atom is 0.0619 e. The predicted molar refractivity (Wildman–Crippen MR) is 71.8 cm³/mol. The molecule has 0 bridgehead atoms. The lowest BCUT2D eigenvalue weighted by molar-refractivity contribution is 0.0387. The molecule has 0 spiro atoms. The first-order chi connectivity index (χ1) is 7.62. The van der Waals surface area contributed by atoms with Crippen molar-refractivity contribution < 1.29 is 5.11 Å². The van der Waals surface area contributed by atoms with E-state index in [9.17, 15) is 5.11 Å². The van der Waals surface area contributed by atoms with Gasteiger partial charge in [-0.2, -0.15) is 0 Å². The van der Waals surface area contributed by atoms with Crippen LogP contribution in [0.1, 0.15) is 72.1 Å². The van der Waals surface area contributed by atoms with Gasteiger partial charge in [0.15, 0.2) is 0 Å². The minimum Gasteiger partial charge on any atom is -0.390 e. The van der Waals surface area contributed by atoms with Gasteiger partial charge in [-0.1, -0.05) is 39.5 Å². The van der Waals surface area contributed by atoms with Crippen LogP contribution in [0.25, 0.3) is 0 Å². The molecule has 1 unspecified atom stereocenters. The Bertz CT molecular complexity index is 134. The first-order valence-corrected chi connectivity index (χ1v) is 7.05. The molecule has 98 valence electrons. The van der Waals surface area contributed by atoms with E-state index in [0.717, 1.165) is 19.3 Å². The van der Waals surface area contributed by atoms with E-state index in [1.807, 2.05) is 6.92 Å². The van der Waals surface area contributed by atoms with E-state index < -0.39 is 5.60 Å². The van der Waals surface area contributed by atoms with Crippen LogP contribution in [0.3, 0.4) is 0 Å². The lowest BCUT2D eigenvalue weighted by atomic mass is 9.94. The van der Waals surface area contributed by atoms with Crippen molar-refractivity contribution in [2.75, 3.05) is 13.1 Å². The van der Waals surface area contributed by atoms with Crippen LogP contribution in [0.4, 0.5) is 0 Å². The number of hydrogen-bond acceptors (Lipinski definition) is 2. The van der Waals surface area contributed by atoms with Crippen LogP contribution >= 0.6 is 0 Å². The summed E-state index contributed by atoms with van der Waals surface area (Å²) in [5.74, 6) is 0. The molecule has 1 fully saturated rings. The maximum absolute atomic E-state index is 9.74. The smallest absolute Gasteiger partial charge is 0.0619 e. The molecule has 0 amide bonds. The highest BCUT2D eigenvalue weighted by Crippen LogP contribution is 2.19. The first kappa shape index (κ1) is 15.9. The summed E-state index contributed by atoms with van der Waals surface area (Å²) in [6.45, 7) is 8.76. The van der Waals surface area contributed by atoms with Crippen molar-refractivity contribution in [2.24, 2.45) is 0 Å². The standard InChI is InChI=1S/C10H22O.C4H9N/c1-4-6-7-9-10(3,11)8-5-2;1-2-4-5-3-1/h11H,4-9H2,1-3H3;5H,1-4H2. The van der Waals surface area contributed by atoms with E-state index in [2.05, 4.69) is 19.2 Å². The number of nitrogens with one attached hydrogen (secondary N) is 1. The lowest BCUT2D eigenvalue weighted by Crippen LogP contribution is -2.23. The van der Waals surface area contributed by atoms with Gasteiger partial charge in [0.25, 0.3) is 0 Å². The van der Waals surface area contributed by atoms with Crippen molar-refractivity contribution in [3.05, 3.63) is 0 Å². The topological polar surface area (TPSA) is 32.3 Å². The van der Waals surface area contributed by atoms with E-state index >= 15 is 0 Å². The maximum atomic E-state index is 9.74. The molecule has 1 atom stereocenters. The molecular weight excluding hydrogens is 198 g/mol. The Kier molecular flexibility index (Phi) is 10.0. The molecule has 0 radical (unpaired) electrons. The average Bonchev–Trinajstić information content (AvgIpc) is 2.75. The van der Waals surface area contributed by atoms with Gasteiger partial charge in [0, 0.05) is 0 Å². The summed E-state index contributed by atoms with van der Waals surface area (Å²) in [6.07, 6.45) is 9.43. The van der Waals surface area contributed by atoms with Gasteiger partial charge in [0.2, 0.25) is 0 Å². The van der Waals surface area contributed by atoms with Crippen molar-refractivity contribution in [2.45, 2.75) is 77.7 Å². The van der Waals surface area contributed by atoms with Gasteiger partial charge in [-0.15, -0.1) is 0 Å². The molecule has 1 aliphatic rings. The van der Waals surface area contributed by atoms with Gasteiger partial charge in [-0.05, 0) is 45.7 Å². The van der Waals surface area contributed by atoms with Gasteiger partial charge in [-0.25, -0.2) is 0 Å². The Balaban J connectivity index is 0.000000368. The Hall–Kier alpha value is -0.0800. The van der Waals surface area contributed by atoms with Gasteiger partial charge < -0.3 is 10.4 Å². The highest BCUT2D eigenvalue weighted by Gasteiger charge is 2.17. The second-order valence-electron chi connectivity index (χ2n) is 5.16. The number of hydrogen-bond donors (Lipinski definition) is 2. The summed E-state index contributed by atoms with van der Waals surface area (Å²) in [7, 11) is 0. The van der Waals surface area contributed by atoms with Gasteiger partial charge >= 0.3 is 0 Å². The quantitative estimate of drug-likeness (QED) is 0.683. The molecule has 0 aromatic rings. The average molecular weight is 229 g/mol. The van der Waals surface area contributed by atoms with Gasteiger partial charge in [0.1, 0.15) is 0 Å². The van der Waals surface area contributed by atoms with Crippen LogP contribution in [0.2, 0.25) is 0 Å². The van der Waals surface area contributed by atoms with Crippen LogP contribution in [0, 0.1) is 0 Å². The Labute approximate surface area is 102 Å². The molecule has 2 nitrogen and oxygen atoms in total. The molecule has 1 saturated heterocycles. The fourth-order valence-corrected chi connectivity index (χ4v) is 2.04. The van der Waals surface area contributed by atoms with Gasteiger partial charge in [0.05, 0.1) is 5.60 Å².